The Labute approximate surface area is 173 Å². The molecule has 0 saturated carbocycles. The van der Waals surface area contributed by atoms with Gasteiger partial charge >= 0.3 is 0 Å². The van der Waals surface area contributed by atoms with Crippen molar-refractivity contribution in [3.05, 3.63) is 34.9 Å². The summed E-state index contributed by atoms with van der Waals surface area (Å²) in [5.41, 5.74) is 1.14. The average Bonchev–Trinajstić information content (AvgIpc) is 3.09. The molecule has 0 aromatic heterocycles. The maximum Gasteiger partial charge on any atom is 0.221 e. The molecule has 5 nitrogen and oxygen atoms in total. The van der Waals surface area contributed by atoms with Crippen molar-refractivity contribution in [2.75, 3.05) is 39.4 Å². The highest BCUT2D eigenvalue weighted by Crippen LogP contribution is 2.24. The summed E-state index contributed by atoms with van der Waals surface area (Å²) in [6.45, 7) is 4.84. The molecule has 2 unspecified atom stereocenters. The van der Waals surface area contributed by atoms with Crippen LogP contribution in [-0.2, 0) is 9.53 Å². The number of amides is 1. The lowest BCUT2D eigenvalue weighted by atomic mass is 10.0. The molecule has 2 aliphatic heterocycles. The number of carbonyl (C=O) groups excluding carboxylic acids is 1. The zero-order valence-electron chi connectivity index (χ0n) is 14.8. The number of nitrogens with one attached hydrogen (secondary N) is 2. The Bertz CT molecular complexity index is 550. The number of ether oxygens (including phenoxy) is 1. The zero-order chi connectivity index (χ0) is 16.8. The molecule has 1 amide bonds. The fourth-order valence-corrected chi connectivity index (χ4v) is 3.70. The van der Waals surface area contributed by atoms with Crippen LogP contribution in [0.5, 0.6) is 0 Å². The number of rotatable bonds is 6. The van der Waals surface area contributed by atoms with Crippen LogP contribution in [0.4, 0.5) is 0 Å². The van der Waals surface area contributed by atoms with Gasteiger partial charge in [-0.2, -0.15) is 0 Å². The third-order valence-corrected chi connectivity index (χ3v) is 5.04. The van der Waals surface area contributed by atoms with Gasteiger partial charge in [-0.05, 0) is 37.1 Å². The molecule has 0 radical (unpaired) electrons. The Kier molecular flexibility index (Phi) is 10.8. The van der Waals surface area contributed by atoms with Crippen LogP contribution >= 0.6 is 36.4 Å². The second-order valence-corrected chi connectivity index (χ2v) is 6.96. The number of carbonyl (C=O) groups is 1. The van der Waals surface area contributed by atoms with Crippen molar-refractivity contribution in [3.63, 3.8) is 0 Å². The van der Waals surface area contributed by atoms with Crippen molar-refractivity contribution in [2.24, 2.45) is 0 Å². The number of hydrogen-bond acceptors (Lipinski definition) is 4. The van der Waals surface area contributed by atoms with E-state index in [0.29, 0.717) is 19.0 Å². The second kappa shape index (κ2) is 12.0. The molecule has 0 spiro atoms. The monoisotopic (exact) mass is 423 g/mol. The molecule has 1 aromatic rings. The number of morpholine rings is 1. The van der Waals surface area contributed by atoms with Crippen LogP contribution in [-0.4, -0.2) is 56.2 Å². The van der Waals surface area contributed by atoms with E-state index in [1.54, 1.807) is 0 Å². The molecule has 0 bridgehead atoms. The third kappa shape index (κ3) is 6.87. The molecular formula is C18H28Cl3N3O2. The summed E-state index contributed by atoms with van der Waals surface area (Å²) in [6.07, 6.45) is 2.82. The lowest BCUT2D eigenvalue weighted by Crippen LogP contribution is -2.44. The lowest BCUT2D eigenvalue weighted by Gasteiger charge is -2.35. The van der Waals surface area contributed by atoms with E-state index in [-0.39, 0.29) is 36.8 Å². The standard InChI is InChI=1S/C18H26ClN3O2.2ClH/c19-15-4-1-3-14(11-15)17(22-7-9-24-10-8-22)13-21-18(23)12-16-5-2-6-20-16;;/h1,3-4,11,16-17,20H,2,5-10,12-13H2,(H,21,23);2*1H. The van der Waals surface area contributed by atoms with E-state index in [1.165, 1.54) is 0 Å². The van der Waals surface area contributed by atoms with Gasteiger partial charge in [0, 0.05) is 37.1 Å². The Morgan fingerprint density at radius 2 is 2.12 bits per heavy atom. The van der Waals surface area contributed by atoms with Crippen molar-refractivity contribution < 1.29 is 9.53 Å². The van der Waals surface area contributed by atoms with Crippen LogP contribution in [0, 0.1) is 0 Å². The SMILES string of the molecule is Cl.Cl.O=C(CC1CCCN1)NCC(c1cccc(Cl)c1)N1CCOCC1. The summed E-state index contributed by atoms with van der Waals surface area (Å²) in [6, 6.07) is 8.38. The third-order valence-electron chi connectivity index (χ3n) is 4.81. The first-order valence-corrected chi connectivity index (χ1v) is 9.17. The fourth-order valence-electron chi connectivity index (χ4n) is 3.50. The summed E-state index contributed by atoms with van der Waals surface area (Å²) in [5.74, 6) is 0.120. The molecule has 2 saturated heterocycles. The second-order valence-electron chi connectivity index (χ2n) is 6.52. The Balaban J connectivity index is 0.00000169. The van der Waals surface area contributed by atoms with Crippen LogP contribution in [0.3, 0.4) is 0 Å². The van der Waals surface area contributed by atoms with E-state index in [9.17, 15) is 4.79 Å². The molecule has 1 aromatic carbocycles. The quantitative estimate of drug-likeness (QED) is 0.737. The molecule has 8 heteroatoms. The molecule has 148 valence electrons. The highest BCUT2D eigenvalue weighted by molar-refractivity contribution is 6.30. The minimum absolute atomic E-state index is 0. The van der Waals surface area contributed by atoms with Gasteiger partial charge in [-0.15, -0.1) is 24.8 Å². The van der Waals surface area contributed by atoms with E-state index in [2.05, 4.69) is 21.6 Å². The first-order valence-electron chi connectivity index (χ1n) is 8.80. The van der Waals surface area contributed by atoms with Crippen LogP contribution in [0.2, 0.25) is 5.02 Å². The minimum Gasteiger partial charge on any atom is -0.379 e. The molecule has 2 heterocycles. The number of halogens is 3. The topological polar surface area (TPSA) is 53.6 Å². The first-order chi connectivity index (χ1) is 11.7. The largest absolute Gasteiger partial charge is 0.379 e. The van der Waals surface area contributed by atoms with Crippen molar-refractivity contribution in [1.82, 2.24) is 15.5 Å². The van der Waals surface area contributed by atoms with E-state index in [1.807, 2.05) is 18.2 Å². The van der Waals surface area contributed by atoms with E-state index >= 15 is 0 Å². The van der Waals surface area contributed by atoms with Crippen molar-refractivity contribution in [1.29, 1.82) is 0 Å². The van der Waals surface area contributed by atoms with Gasteiger partial charge in [0.25, 0.3) is 0 Å². The van der Waals surface area contributed by atoms with Crippen molar-refractivity contribution >= 4 is 42.3 Å². The fraction of sp³-hybridized carbons (Fsp3) is 0.611. The molecular weight excluding hydrogens is 397 g/mol. The minimum atomic E-state index is 0. The zero-order valence-corrected chi connectivity index (χ0v) is 17.2. The van der Waals surface area contributed by atoms with Gasteiger partial charge in [0.15, 0.2) is 0 Å². The van der Waals surface area contributed by atoms with Crippen molar-refractivity contribution in [3.8, 4) is 0 Å². The molecule has 2 atom stereocenters. The van der Waals surface area contributed by atoms with E-state index < -0.39 is 0 Å². The maximum atomic E-state index is 12.3. The summed E-state index contributed by atoms with van der Waals surface area (Å²) >= 11 is 6.17. The van der Waals surface area contributed by atoms with Crippen LogP contribution in [0.15, 0.2) is 24.3 Å². The highest BCUT2D eigenvalue weighted by atomic mass is 35.5. The van der Waals surface area contributed by atoms with E-state index in [0.717, 1.165) is 56.3 Å². The van der Waals surface area contributed by atoms with E-state index in [4.69, 9.17) is 16.3 Å². The normalized spacial score (nSPS) is 21.3. The van der Waals surface area contributed by atoms with Crippen LogP contribution in [0.1, 0.15) is 30.9 Å². The Morgan fingerprint density at radius 3 is 2.77 bits per heavy atom. The summed E-state index contributed by atoms with van der Waals surface area (Å²) in [7, 11) is 0. The Morgan fingerprint density at radius 1 is 1.35 bits per heavy atom. The maximum absolute atomic E-state index is 12.3. The molecule has 2 aliphatic rings. The molecule has 2 fully saturated rings. The first kappa shape index (κ1) is 23.5. The van der Waals surface area contributed by atoms with Gasteiger partial charge in [-0.25, -0.2) is 0 Å². The summed E-state index contributed by atoms with van der Waals surface area (Å²) in [4.78, 5) is 14.6. The molecule has 26 heavy (non-hydrogen) atoms. The van der Waals surface area contributed by atoms with Crippen LogP contribution in [0.25, 0.3) is 0 Å². The smallest absolute Gasteiger partial charge is 0.221 e. The van der Waals surface area contributed by atoms with Gasteiger partial charge in [-0.3, -0.25) is 9.69 Å². The highest BCUT2D eigenvalue weighted by Gasteiger charge is 2.24. The molecule has 3 rings (SSSR count). The predicted molar refractivity (Wildman–Crippen MR) is 110 cm³/mol. The van der Waals surface area contributed by atoms with Gasteiger partial charge in [-0.1, -0.05) is 23.7 Å². The summed E-state index contributed by atoms with van der Waals surface area (Å²) in [5, 5.41) is 7.22. The number of nitrogens with zero attached hydrogens (tertiary/aromatic N) is 1. The molecule has 2 N–H and O–H groups in total. The van der Waals surface area contributed by atoms with Gasteiger partial charge < -0.3 is 15.4 Å². The summed E-state index contributed by atoms with van der Waals surface area (Å²) < 4.78 is 5.46. The molecule has 0 aliphatic carbocycles. The van der Waals surface area contributed by atoms with Gasteiger partial charge in [0.1, 0.15) is 0 Å². The predicted octanol–water partition coefficient (Wildman–Crippen LogP) is 2.82. The van der Waals surface area contributed by atoms with Gasteiger partial charge in [0.2, 0.25) is 5.91 Å². The number of hydrogen-bond donors (Lipinski definition) is 2. The van der Waals surface area contributed by atoms with Crippen molar-refractivity contribution in [2.45, 2.75) is 31.3 Å². The van der Waals surface area contributed by atoms with Crippen LogP contribution < -0.4 is 10.6 Å². The average molecular weight is 425 g/mol. The number of benzene rings is 1. The van der Waals surface area contributed by atoms with Gasteiger partial charge in [0.05, 0.1) is 19.3 Å². The Hall–Kier alpha value is -0.560. The lowest BCUT2D eigenvalue weighted by molar-refractivity contribution is -0.121.